The van der Waals surface area contributed by atoms with E-state index in [1.165, 1.54) is 37.1 Å². The highest BCUT2D eigenvalue weighted by Gasteiger charge is 2.45. The Morgan fingerprint density at radius 3 is 2.41 bits per heavy atom. The van der Waals surface area contributed by atoms with E-state index in [4.69, 9.17) is 10.5 Å². The Morgan fingerprint density at radius 1 is 1.19 bits per heavy atom. The maximum atomic E-state index is 12.7. The Morgan fingerprint density at radius 2 is 1.85 bits per heavy atom. The number of carbonyl (C=O) groups is 2. The van der Waals surface area contributed by atoms with Crippen molar-refractivity contribution in [3.8, 4) is 5.75 Å². The number of carbonyl (C=O) groups excluding carboxylic acids is 2. The number of benzene rings is 2. The predicted octanol–water partition coefficient (Wildman–Crippen LogP) is 2.49. The minimum absolute atomic E-state index is 0.122. The molecule has 1 fully saturated rings. The lowest BCUT2D eigenvalue weighted by Crippen LogP contribution is -2.29. The van der Waals surface area contributed by atoms with E-state index in [2.05, 4.69) is 0 Å². The average molecular weight is 367 g/mol. The molecule has 2 N–H and O–H groups in total. The summed E-state index contributed by atoms with van der Waals surface area (Å²) in [5.74, 6) is -0.867. The number of non-ortho nitro benzene ring substituents is 1. The molecule has 1 aliphatic rings. The van der Waals surface area contributed by atoms with Crippen molar-refractivity contribution in [3.05, 3.63) is 75.5 Å². The number of nitro benzene ring substituents is 1. The van der Waals surface area contributed by atoms with Gasteiger partial charge in [0.1, 0.15) is 5.75 Å². The summed E-state index contributed by atoms with van der Waals surface area (Å²) < 4.78 is 5.12. The molecule has 27 heavy (non-hydrogen) atoms. The van der Waals surface area contributed by atoms with Gasteiger partial charge >= 0.3 is 0 Å². The highest BCUT2D eigenvalue weighted by atomic mass is 16.6. The van der Waals surface area contributed by atoms with Crippen LogP contribution in [0.2, 0.25) is 0 Å². The van der Waals surface area contributed by atoms with Gasteiger partial charge in [0.25, 0.3) is 17.4 Å². The van der Waals surface area contributed by atoms with Crippen molar-refractivity contribution >= 4 is 23.1 Å². The minimum atomic E-state index is -0.844. The first kappa shape index (κ1) is 18.1. The van der Waals surface area contributed by atoms with Crippen molar-refractivity contribution in [2.24, 2.45) is 5.73 Å². The maximum Gasteiger partial charge on any atom is 0.300 e. The molecule has 1 heterocycles. The van der Waals surface area contributed by atoms with Gasteiger partial charge in [-0.05, 0) is 36.8 Å². The Kier molecular flexibility index (Phi) is 4.64. The van der Waals surface area contributed by atoms with Crippen molar-refractivity contribution in [1.82, 2.24) is 0 Å². The van der Waals surface area contributed by atoms with E-state index in [1.807, 2.05) is 0 Å². The Balaban J connectivity index is 2.19. The zero-order valence-electron chi connectivity index (χ0n) is 14.7. The molecule has 138 valence electrons. The van der Waals surface area contributed by atoms with Crippen LogP contribution in [0.3, 0.4) is 0 Å². The third-order valence-corrected chi connectivity index (χ3v) is 4.36. The molecule has 1 amide bonds. The lowest BCUT2D eigenvalue weighted by atomic mass is 9.96. The highest BCUT2D eigenvalue weighted by molar-refractivity contribution is 6.50. The number of ketones is 1. The van der Waals surface area contributed by atoms with Gasteiger partial charge in [-0.15, -0.1) is 0 Å². The van der Waals surface area contributed by atoms with Crippen LogP contribution in [0, 0.1) is 10.1 Å². The second kappa shape index (κ2) is 6.91. The summed E-state index contributed by atoms with van der Waals surface area (Å²) in [6.45, 7) is 1.53. The van der Waals surface area contributed by atoms with Gasteiger partial charge in [-0.3, -0.25) is 24.6 Å². The van der Waals surface area contributed by atoms with Crippen molar-refractivity contribution in [2.75, 3.05) is 12.0 Å². The summed E-state index contributed by atoms with van der Waals surface area (Å²) in [6, 6.07) is 11.6. The number of ether oxygens (including phenoxy) is 1. The third-order valence-electron chi connectivity index (χ3n) is 4.36. The van der Waals surface area contributed by atoms with Crippen molar-refractivity contribution in [2.45, 2.75) is 13.0 Å². The molecule has 0 radical (unpaired) electrons. The molecule has 1 unspecified atom stereocenters. The molecule has 8 nitrogen and oxygen atoms in total. The Labute approximate surface area is 155 Å². The summed E-state index contributed by atoms with van der Waals surface area (Å²) in [6.07, 6.45) is 0. The van der Waals surface area contributed by atoms with E-state index in [9.17, 15) is 19.7 Å². The second-order valence-corrected chi connectivity index (χ2v) is 6.05. The van der Waals surface area contributed by atoms with E-state index in [0.29, 0.717) is 17.0 Å². The van der Waals surface area contributed by atoms with Crippen LogP contribution in [-0.2, 0) is 9.59 Å². The number of nitrogens with zero attached hydrogens (tertiary/aromatic N) is 2. The third kappa shape index (κ3) is 3.12. The molecule has 3 rings (SSSR count). The molecule has 0 aliphatic carbocycles. The number of Topliss-reactive ketones (excluding diaryl/α,β-unsaturated/α-hetero) is 1. The maximum absolute atomic E-state index is 12.7. The van der Waals surface area contributed by atoms with E-state index in [-0.39, 0.29) is 17.0 Å². The average Bonchev–Trinajstić information content (AvgIpc) is 2.93. The molecule has 0 saturated carbocycles. The van der Waals surface area contributed by atoms with E-state index in [1.54, 1.807) is 30.3 Å². The van der Waals surface area contributed by atoms with Gasteiger partial charge in [-0.1, -0.05) is 12.1 Å². The number of amides is 1. The van der Waals surface area contributed by atoms with Gasteiger partial charge in [-0.25, -0.2) is 0 Å². The second-order valence-electron chi connectivity index (χ2n) is 6.05. The largest absolute Gasteiger partial charge is 0.497 e. The predicted molar refractivity (Wildman–Crippen MR) is 98.2 cm³/mol. The number of allylic oxidation sites excluding steroid dienone is 1. The van der Waals surface area contributed by atoms with Gasteiger partial charge in [-0.2, -0.15) is 0 Å². The van der Waals surface area contributed by atoms with E-state index >= 15 is 0 Å². The number of nitro groups is 1. The molecule has 1 aliphatic heterocycles. The molecule has 0 spiro atoms. The van der Waals surface area contributed by atoms with Gasteiger partial charge < -0.3 is 10.5 Å². The van der Waals surface area contributed by atoms with Gasteiger partial charge in [0.05, 0.1) is 23.6 Å². The fraction of sp³-hybridized carbons (Fsp3) is 0.158. The first-order chi connectivity index (χ1) is 12.8. The number of hydrogen-bond donors (Lipinski definition) is 1. The highest BCUT2D eigenvalue weighted by Crippen LogP contribution is 2.41. The molecule has 1 atom stereocenters. The normalized spacial score (nSPS) is 18.6. The van der Waals surface area contributed by atoms with Gasteiger partial charge in [0, 0.05) is 23.5 Å². The number of rotatable bonds is 4. The Bertz CT molecular complexity index is 962. The number of hydrogen-bond acceptors (Lipinski definition) is 6. The zero-order valence-corrected chi connectivity index (χ0v) is 14.7. The molecule has 2 aromatic rings. The Hall–Kier alpha value is -3.68. The van der Waals surface area contributed by atoms with Crippen LogP contribution in [0.15, 0.2) is 59.8 Å². The zero-order chi connectivity index (χ0) is 19.7. The summed E-state index contributed by atoms with van der Waals surface area (Å²) in [7, 11) is 1.52. The summed E-state index contributed by atoms with van der Waals surface area (Å²) in [4.78, 5) is 37.2. The fourth-order valence-corrected chi connectivity index (χ4v) is 3.12. The topological polar surface area (TPSA) is 116 Å². The summed E-state index contributed by atoms with van der Waals surface area (Å²) >= 11 is 0. The molecular weight excluding hydrogens is 350 g/mol. The van der Waals surface area contributed by atoms with Crippen molar-refractivity contribution < 1.29 is 19.2 Å². The fourth-order valence-electron chi connectivity index (χ4n) is 3.12. The minimum Gasteiger partial charge on any atom is -0.497 e. The van der Waals surface area contributed by atoms with Crippen LogP contribution >= 0.6 is 0 Å². The van der Waals surface area contributed by atoms with Crippen LogP contribution in [0.5, 0.6) is 5.75 Å². The van der Waals surface area contributed by atoms with E-state index in [0.717, 1.165) is 0 Å². The van der Waals surface area contributed by atoms with Crippen LogP contribution in [0.4, 0.5) is 11.4 Å². The quantitative estimate of drug-likeness (QED) is 0.384. The summed E-state index contributed by atoms with van der Waals surface area (Å²) in [5.41, 5.74) is 6.96. The SMILES string of the molecule is COc1ccc(N2C(=O)C(=O)C(=C(C)N)C2c2cccc([N+](=O)[O-])c2)cc1. The smallest absolute Gasteiger partial charge is 0.300 e. The van der Waals surface area contributed by atoms with Crippen LogP contribution in [0.1, 0.15) is 18.5 Å². The molecule has 0 bridgehead atoms. The summed E-state index contributed by atoms with van der Waals surface area (Å²) in [5, 5.41) is 11.1. The van der Waals surface area contributed by atoms with Crippen molar-refractivity contribution in [3.63, 3.8) is 0 Å². The van der Waals surface area contributed by atoms with Gasteiger partial charge in [0.15, 0.2) is 0 Å². The standard InChI is InChI=1S/C19H17N3O5/c1-11(20)16-17(12-4-3-5-14(10-12)22(25)26)21(19(24)18(16)23)13-6-8-15(27-2)9-7-13/h3-10,17H,20H2,1-2H3. The first-order valence-electron chi connectivity index (χ1n) is 8.07. The lowest BCUT2D eigenvalue weighted by Gasteiger charge is -2.25. The van der Waals surface area contributed by atoms with E-state index < -0.39 is 22.7 Å². The van der Waals surface area contributed by atoms with Crippen molar-refractivity contribution in [1.29, 1.82) is 0 Å². The molecular formula is C19H17N3O5. The molecule has 8 heteroatoms. The van der Waals surface area contributed by atoms with Gasteiger partial charge in [0.2, 0.25) is 0 Å². The number of methoxy groups -OCH3 is 1. The number of anilines is 1. The van der Waals surface area contributed by atoms with Crippen LogP contribution in [-0.4, -0.2) is 23.7 Å². The monoisotopic (exact) mass is 367 g/mol. The lowest BCUT2D eigenvalue weighted by molar-refractivity contribution is -0.384. The number of nitrogens with two attached hydrogens (primary N) is 1. The van der Waals surface area contributed by atoms with Crippen LogP contribution < -0.4 is 15.4 Å². The molecule has 2 aromatic carbocycles. The van der Waals surface area contributed by atoms with Crippen LogP contribution in [0.25, 0.3) is 0 Å². The molecule has 1 saturated heterocycles. The molecule has 0 aromatic heterocycles. The first-order valence-corrected chi connectivity index (χ1v) is 8.07.